The minimum atomic E-state index is 0.0101. The second-order valence-electron chi connectivity index (χ2n) is 3.70. The molecule has 1 rings (SSSR count). The van der Waals surface area contributed by atoms with Crippen LogP contribution in [0.2, 0.25) is 0 Å². The standard InChI is InChI=1S/C10H16BrN5O/c1-4-16(6-8(17)15(2)3)9-7(11)5-13-10(12)14-9/h5H,4,6H2,1-3H3,(H2,12,13,14). The van der Waals surface area contributed by atoms with Gasteiger partial charge in [-0.25, -0.2) is 4.98 Å². The molecule has 0 aliphatic heterocycles. The molecule has 0 aliphatic carbocycles. The number of hydrogen-bond donors (Lipinski definition) is 1. The van der Waals surface area contributed by atoms with Gasteiger partial charge in [0, 0.05) is 26.8 Å². The highest BCUT2D eigenvalue weighted by Gasteiger charge is 2.15. The highest BCUT2D eigenvalue weighted by Crippen LogP contribution is 2.23. The van der Waals surface area contributed by atoms with Crippen molar-refractivity contribution < 1.29 is 4.79 Å². The minimum absolute atomic E-state index is 0.0101. The topological polar surface area (TPSA) is 75.4 Å². The summed E-state index contributed by atoms with van der Waals surface area (Å²) in [5.74, 6) is 0.838. The fraction of sp³-hybridized carbons (Fsp3) is 0.500. The van der Waals surface area contributed by atoms with Crippen molar-refractivity contribution in [1.29, 1.82) is 0 Å². The second-order valence-corrected chi connectivity index (χ2v) is 4.56. The van der Waals surface area contributed by atoms with Gasteiger partial charge in [0.2, 0.25) is 11.9 Å². The molecule has 0 saturated heterocycles. The van der Waals surface area contributed by atoms with Crippen molar-refractivity contribution in [3.8, 4) is 0 Å². The maximum Gasteiger partial charge on any atom is 0.241 e. The molecule has 0 radical (unpaired) electrons. The Labute approximate surface area is 109 Å². The molecule has 0 atom stereocenters. The molecule has 6 nitrogen and oxygen atoms in total. The number of nitrogen functional groups attached to an aromatic ring is 1. The minimum Gasteiger partial charge on any atom is -0.368 e. The molecule has 0 aliphatic rings. The van der Waals surface area contributed by atoms with Gasteiger partial charge in [-0.05, 0) is 22.9 Å². The van der Waals surface area contributed by atoms with E-state index in [4.69, 9.17) is 5.73 Å². The van der Waals surface area contributed by atoms with Gasteiger partial charge >= 0.3 is 0 Å². The Bertz CT molecular complexity index is 410. The summed E-state index contributed by atoms with van der Waals surface area (Å²) in [4.78, 5) is 23.1. The van der Waals surface area contributed by atoms with Crippen molar-refractivity contribution in [3.05, 3.63) is 10.7 Å². The van der Waals surface area contributed by atoms with Crippen LogP contribution in [0.3, 0.4) is 0 Å². The van der Waals surface area contributed by atoms with Crippen LogP contribution in [0.1, 0.15) is 6.92 Å². The van der Waals surface area contributed by atoms with E-state index < -0.39 is 0 Å². The molecule has 7 heteroatoms. The van der Waals surface area contributed by atoms with E-state index in [0.29, 0.717) is 12.4 Å². The zero-order valence-electron chi connectivity index (χ0n) is 10.1. The van der Waals surface area contributed by atoms with E-state index in [-0.39, 0.29) is 18.4 Å². The number of rotatable bonds is 4. The van der Waals surface area contributed by atoms with Crippen LogP contribution in [0, 0.1) is 0 Å². The fourth-order valence-electron chi connectivity index (χ4n) is 1.23. The van der Waals surface area contributed by atoms with E-state index in [2.05, 4.69) is 25.9 Å². The number of likely N-dealkylation sites (N-methyl/N-ethyl adjacent to an activating group) is 2. The summed E-state index contributed by atoms with van der Waals surface area (Å²) in [5.41, 5.74) is 5.55. The normalized spacial score (nSPS) is 10.1. The number of aromatic nitrogens is 2. The summed E-state index contributed by atoms with van der Waals surface area (Å²) in [6.45, 7) is 2.88. The average molecular weight is 302 g/mol. The van der Waals surface area contributed by atoms with Gasteiger partial charge in [-0.15, -0.1) is 0 Å². The van der Waals surface area contributed by atoms with Crippen molar-refractivity contribution in [1.82, 2.24) is 14.9 Å². The van der Waals surface area contributed by atoms with Gasteiger partial charge in [-0.2, -0.15) is 4.98 Å². The van der Waals surface area contributed by atoms with Gasteiger partial charge in [-0.3, -0.25) is 4.79 Å². The van der Waals surface area contributed by atoms with Crippen LogP contribution in [0.4, 0.5) is 11.8 Å². The zero-order valence-corrected chi connectivity index (χ0v) is 11.7. The molecule has 2 N–H and O–H groups in total. The predicted octanol–water partition coefficient (Wildman–Crippen LogP) is 0.736. The molecular weight excluding hydrogens is 286 g/mol. The Kier molecular flexibility index (Phi) is 4.68. The molecule has 1 heterocycles. The number of amides is 1. The molecule has 17 heavy (non-hydrogen) atoms. The molecular formula is C10H16BrN5O. The van der Waals surface area contributed by atoms with Crippen LogP contribution in [0.5, 0.6) is 0 Å². The zero-order chi connectivity index (χ0) is 13.0. The van der Waals surface area contributed by atoms with Gasteiger partial charge in [0.1, 0.15) is 5.82 Å². The van der Waals surface area contributed by atoms with E-state index in [1.54, 1.807) is 25.2 Å². The number of nitrogens with two attached hydrogens (primary N) is 1. The quantitative estimate of drug-likeness (QED) is 0.887. The number of carbonyl (C=O) groups excluding carboxylic acids is 1. The highest BCUT2D eigenvalue weighted by atomic mass is 79.9. The van der Waals surface area contributed by atoms with Gasteiger partial charge in [-0.1, -0.05) is 0 Å². The lowest BCUT2D eigenvalue weighted by Gasteiger charge is -2.24. The number of nitrogens with zero attached hydrogens (tertiary/aromatic N) is 4. The van der Waals surface area contributed by atoms with Crippen molar-refractivity contribution >= 4 is 33.6 Å². The lowest BCUT2D eigenvalue weighted by Crippen LogP contribution is -2.37. The summed E-state index contributed by atoms with van der Waals surface area (Å²) in [7, 11) is 3.44. The first-order valence-electron chi connectivity index (χ1n) is 5.18. The third-order valence-corrected chi connectivity index (χ3v) is 2.81. The monoisotopic (exact) mass is 301 g/mol. The molecule has 0 bridgehead atoms. The van der Waals surface area contributed by atoms with Gasteiger partial charge in [0.25, 0.3) is 0 Å². The van der Waals surface area contributed by atoms with Crippen LogP contribution in [0.25, 0.3) is 0 Å². The number of carbonyl (C=O) groups is 1. The lowest BCUT2D eigenvalue weighted by molar-refractivity contribution is -0.127. The molecule has 0 spiro atoms. The van der Waals surface area contributed by atoms with Gasteiger partial charge in [0.05, 0.1) is 11.0 Å². The van der Waals surface area contributed by atoms with Gasteiger partial charge in [0.15, 0.2) is 0 Å². The molecule has 94 valence electrons. The first kappa shape index (κ1) is 13.7. The summed E-state index contributed by atoms with van der Waals surface area (Å²) >= 11 is 3.35. The second kappa shape index (κ2) is 5.81. The smallest absolute Gasteiger partial charge is 0.241 e. The fourth-order valence-corrected chi connectivity index (χ4v) is 1.68. The van der Waals surface area contributed by atoms with Crippen molar-refractivity contribution in [2.24, 2.45) is 0 Å². The molecule has 0 fully saturated rings. The lowest BCUT2D eigenvalue weighted by atomic mass is 10.4. The van der Waals surface area contributed by atoms with E-state index in [1.165, 1.54) is 0 Å². The number of halogens is 1. The number of hydrogen-bond acceptors (Lipinski definition) is 5. The molecule has 1 aromatic rings. The molecule has 1 aromatic heterocycles. The van der Waals surface area contributed by atoms with Crippen LogP contribution >= 0.6 is 15.9 Å². The summed E-state index contributed by atoms with van der Waals surface area (Å²) in [6, 6.07) is 0. The Balaban J connectivity index is 2.93. The van der Waals surface area contributed by atoms with Crippen LogP contribution in [0.15, 0.2) is 10.7 Å². The average Bonchev–Trinajstić information content (AvgIpc) is 2.29. The van der Waals surface area contributed by atoms with Crippen LogP contribution in [-0.2, 0) is 4.79 Å². The van der Waals surface area contributed by atoms with E-state index in [1.807, 2.05) is 11.8 Å². The molecule has 0 aromatic carbocycles. The SMILES string of the molecule is CCN(CC(=O)N(C)C)c1nc(N)ncc1Br. The highest BCUT2D eigenvalue weighted by molar-refractivity contribution is 9.10. The van der Waals surface area contributed by atoms with Crippen molar-refractivity contribution in [2.75, 3.05) is 37.8 Å². The van der Waals surface area contributed by atoms with Gasteiger partial charge < -0.3 is 15.5 Å². The van der Waals surface area contributed by atoms with E-state index in [9.17, 15) is 4.79 Å². The Morgan fingerprint density at radius 1 is 1.53 bits per heavy atom. The summed E-state index contributed by atoms with van der Waals surface area (Å²) < 4.78 is 0.722. The summed E-state index contributed by atoms with van der Waals surface area (Å²) in [6.07, 6.45) is 1.58. The molecule has 0 unspecified atom stereocenters. The Hall–Kier alpha value is -1.37. The Morgan fingerprint density at radius 2 is 2.18 bits per heavy atom. The molecule has 1 amide bonds. The van der Waals surface area contributed by atoms with E-state index in [0.717, 1.165) is 4.47 Å². The Morgan fingerprint density at radius 3 is 2.71 bits per heavy atom. The maximum absolute atomic E-state index is 11.7. The van der Waals surface area contributed by atoms with Crippen LogP contribution in [-0.4, -0.2) is 48.0 Å². The third-order valence-electron chi connectivity index (χ3n) is 2.25. The van der Waals surface area contributed by atoms with Crippen molar-refractivity contribution in [3.63, 3.8) is 0 Å². The van der Waals surface area contributed by atoms with E-state index >= 15 is 0 Å². The number of anilines is 2. The largest absolute Gasteiger partial charge is 0.368 e. The summed E-state index contributed by atoms with van der Waals surface area (Å²) in [5, 5.41) is 0. The predicted molar refractivity (Wildman–Crippen MR) is 70.7 cm³/mol. The first-order chi connectivity index (χ1) is 7.95. The molecule has 0 saturated carbocycles. The third kappa shape index (κ3) is 3.55. The first-order valence-corrected chi connectivity index (χ1v) is 5.98. The van der Waals surface area contributed by atoms with Crippen LogP contribution < -0.4 is 10.6 Å². The van der Waals surface area contributed by atoms with Crippen molar-refractivity contribution in [2.45, 2.75) is 6.92 Å². The maximum atomic E-state index is 11.7.